The number of nitrogen functional groups attached to an aromatic ring is 1. The number of hydrogen-bond acceptors (Lipinski definition) is 6. The van der Waals surface area contributed by atoms with Gasteiger partial charge in [0.05, 0.1) is 18.5 Å². The molecule has 0 bridgehead atoms. The van der Waals surface area contributed by atoms with E-state index >= 15 is 0 Å². The summed E-state index contributed by atoms with van der Waals surface area (Å²) in [7, 11) is -3.79. The van der Waals surface area contributed by atoms with Crippen LogP contribution in [-0.2, 0) is 10.0 Å². The number of sulfonamides is 1. The van der Waals surface area contributed by atoms with Crippen LogP contribution in [0.2, 0.25) is 0 Å². The molecule has 0 saturated carbocycles. The van der Waals surface area contributed by atoms with Gasteiger partial charge in [0.15, 0.2) is 0 Å². The largest absolute Gasteiger partial charge is 0.478 e. The van der Waals surface area contributed by atoms with E-state index in [2.05, 4.69) is 14.7 Å². The minimum atomic E-state index is -3.79. The van der Waals surface area contributed by atoms with E-state index in [0.717, 1.165) is 0 Å². The molecule has 2 aromatic heterocycles. The van der Waals surface area contributed by atoms with Crippen LogP contribution in [0.15, 0.2) is 41.6 Å². The molecule has 0 aliphatic rings. The Morgan fingerprint density at radius 2 is 2.10 bits per heavy atom. The number of anilines is 2. The fourth-order valence-corrected chi connectivity index (χ4v) is 2.64. The van der Waals surface area contributed by atoms with Gasteiger partial charge in [-0.2, -0.15) is 0 Å². The molecule has 20 heavy (non-hydrogen) atoms. The first-order valence-electron chi connectivity index (χ1n) is 5.85. The summed E-state index contributed by atoms with van der Waals surface area (Å²) in [4.78, 5) is 7.65. The summed E-state index contributed by atoms with van der Waals surface area (Å²) < 4.78 is 31.8. The number of rotatable bonds is 5. The molecule has 0 saturated heterocycles. The number of nitrogens with two attached hydrogens (primary N) is 1. The third kappa shape index (κ3) is 3.15. The summed E-state index contributed by atoms with van der Waals surface area (Å²) >= 11 is 0. The number of nitrogens with one attached hydrogen (secondary N) is 1. The molecule has 0 aromatic carbocycles. The van der Waals surface area contributed by atoms with Gasteiger partial charge in [-0.25, -0.2) is 18.4 Å². The Hall–Kier alpha value is -2.35. The minimum absolute atomic E-state index is 0.0566. The van der Waals surface area contributed by atoms with E-state index in [1.54, 1.807) is 12.1 Å². The number of nitrogens with zero attached hydrogens (tertiary/aromatic N) is 2. The van der Waals surface area contributed by atoms with E-state index in [-0.39, 0.29) is 10.7 Å². The van der Waals surface area contributed by atoms with Crippen molar-refractivity contribution in [3.63, 3.8) is 0 Å². The summed E-state index contributed by atoms with van der Waals surface area (Å²) in [5.74, 6) is 0.371. The van der Waals surface area contributed by atoms with Gasteiger partial charge in [0.2, 0.25) is 5.88 Å². The van der Waals surface area contributed by atoms with Crippen molar-refractivity contribution in [2.75, 3.05) is 17.1 Å². The van der Waals surface area contributed by atoms with Crippen LogP contribution in [0.1, 0.15) is 6.92 Å². The van der Waals surface area contributed by atoms with E-state index in [1.165, 1.54) is 24.5 Å². The molecule has 0 radical (unpaired) electrons. The molecule has 2 rings (SSSR count). The first-order valence-corrected chi connectivity index (χ1v) is 7.33. The first-order chi connectivity index (χ1) is 9.53. The molecule has 2 aromatic rings. The highest BCUT2D eigenvalue weighted by atomic mass is 32.2. The average Bonchev–Trinajstić information content (AvgIpc) is 2.41. The maximum atomic E-state index is 12.1. The molecule has 0 spiro atoms. The fraction of sp³-hybridized carbons (Fsp3) is 0.167. The maximum absolute atomic E-state index is 12.1. The van der Waals surface area contributed by atoms with Crippen LogP contribution >= 0.6 is 0 Å². The molecule has 0 aliphatic carbocycles. The number of ether oxygens (including phenoxy) is 1. The van der Waals surface area contributed by atoms with Gasteiger partial charge >= 0.3 is 0 Å². The Kier molecular flexibility index (Phi) is 4.04. The number of pyridine rings is 2. The van der Waals surface area contributed by atoms with E-state index in [0.29, 0.717) is 18.2 Å². The molecule has 0 fully saturated rings. The molecule has 0 unspecified atom stereocenters. The Balaban J connectivity index is 2.22. The first kappa shape index (κ1) is 14.1. The molecule has 8 heteroatoms. The SMILES string of the molecule is CCOc1ccc(NS(=O)(=O)c2cccnc2N)cn1. The zero-order chi connectivity index (χ0) is 14.6. The van der Waals surface area contributed by atoms with Crippen LogP contribution in [0, 0.1) is 0 Å². The van der Waals surface area contributed by atoms with Crippen molar-refractivity contribution in [3.8, 4) is 5.88 Å². The third-order valence-corrected chi connectivity index (χ3v) is 3.80. The van der Waals surface area contributed by atoms with E-state index in [1.807, 2.05) is 6.92 Å². The zero-order valence-electron chi connectivity index (χ0n) is 10.8. The second-order valence-electron chi connectivity index (χ2n) is 3.81. The monoisotopic (exact) mass is 294 g/mol. The van der Waals surface area contributed by atoms with Crippen molar-refractivity contribution in [2.45, 2.75) is 11.8 Å². The van der Waals surface area contributed by atoms with Crippen molar-refractivity contribution in [1.29, 1.82) is 0 Å². The van der Waals surface area contributed by atoms with Crippen LogP contribution in [0.25, 0.3) is 0 Å². The standard InChI is InChI=1S/C12H14N4O3S/c1-2-19-11-6-5-9(8-15-11)16-20(17,18)10-4-3-7-14-12(10)13/h3-8,16H,2H2,1H3,(H2,13,14). The Morgan fingerprint density at radius 3 is 2.70 bits per heavy atom. The summed E-state index contributed by atoms with van der Waals surface area (Å²) in [6.45, 7) is 2.33. The molecule has 7 nitrogen and oxygen atoms in total. The summed E-state index contributed by atoms with van der Waals surface area (Å²) in [5.41, 5.74) is 5.87. The average molecular weight is 294 g/mol. The van der Waals surface area contributed by atoms with Crippen LogP contribution in [-0.4, -0.2) is 25.0 Å². The number of hydrogen-bond donors (Lipinski definition) is 2. The minimum Gasteiger partial charge on any atom is -0.478 e. The van der Waals surface area contributed by atoms with Gasteiger partial charge in [0.1, 0.15) is 10.7 Å². The highest BCUT2D eigenvalue weighted by Crippen LogP contribution is 2.20. The lowest BCUT2D eigenvalue weighted by molar-refractivity contribution is 0.327. The van der Waals surface area contributed by atoms with Crippen LogP contribution in [0.3, 0.4) is 0 Å². The van der Waals surface area contributed by atoms with Gasteiger partial charge in [-0.3, -0.25) is 4.72 Å². The van der Waals surface area contributed by atoms with Crippen LogP contribution in [0.5, 0.6) is 5.88 Å². The molecule has 0 atom stereocenters. The highest BCUT2D eigenvalue weighted by molar-refractivity contribution is 7.92. The van der Waals surface area contributed by atoms with Crippen molar-refractivity contribution in [1.82, 2.24) is 9.97 Å². The Bertz CT molecular complexity index is 686. The smallest absolute Gasteiger partial charge is 0.265 e. The third-order valence-electron chi connectivity index (χ3n) is 2.37. The predicted molar refractivity (Wildman–Crippen MR) is 74.9 cm³/mol. The van der Waals surface area contributed by atoms with Gasteiger partial charge in [-0.1, -0.05) is 0 Å². The van der Waals surface area contributed by atoms with Gasteiger partial charge in [-0.15, -0.1) is 0 Å². The lowest BCUT2D eigenvalue weighted by Gasteiger charge is -2.09. The maximum Gasteiger partial charge on any atom is 0.265 e. The number of aromatic nitrogens is 2. The molecule has 0 aliphatic heterocycles. The van der Waals surface area contributed by atoms with Crippen LogP contribution < -0.4 is 15.2 Å². The van der Waals surface area contributed by atoms with Gasteiger partial charge in [0.25, 0.3) is 10.0 Å². The van der Waals surface area contributed by atoms with Crippen molar-refractivity contribution >= 4 is 21.5 Å². The summed E-state index contributed by atoms with van der Waals surface area (Å²) in [6, 6.07) is 6.02. The normalized spacial score (nSPS) is 11.1. The topological polar surface area (TPSA) is 107 Å². The second kappa shape index (κ2) is 5.74. The van der Waals surface area contributed by atoms with E-state index in [9.17, 15) is 8.42 Å². The lowest BCUT2D eigenvalue weighted by atomic mass is 10.4. The molecule has 0 amide bonds. The highest BCUT2D eigenvalue weighted by Gasteiger charge is 2.18. The summed E-state index contributed by atoms with van der Waals surface area (Å²) in [5, 5.41) is 0. The Morgan fingerprint density at radius 1 is 1.30 bits per heavy atom. The summed E-state index contributed by atoms with van der Waals surface area (Å²) in [6.07, 6.45) is 2.79. The van der Waals surface area contributed by atoms with Crippen molar-refractivity contribution < 1.29 is 13.2 Å². The molecular weight excluding hydrogens is 280 g/mol. The van der Waals surface area contributed by atoms with Crippen LogP contribution in [0.4, 0.5) is 11.5 Å². The second-order valence-corrected chi connectivity index (χ2v) is 5.46. The predicted octanol–water partition coefficient (Wildman–Crippen LogP) is 1.26. The lowest BCUT2D eigenvalue weighted by Crippen LogP contribution is -2.15. The van der Waals surface area contributed by atoms with Crippen molar-refractivity contribution in [3.05, 3.63) is 36.7 Å². The molecule has 106 valence electrons. The molecule has 3 N–H and O–H groups in total. The van der Waals surface area contributed by atoms with Gasteiger partial charge < -0.3 is 10.5 Å². The quantitative estimate of drug-likeness (QED) is 0.859. The molecule has 2 heterocycles. The van der Waals surface area contributed by atoms with Gasteiger partial charge in [-0.05, 0) is 25.1 Å². The van der Waals surface area contributed by atoms with E-state index in [4.69, 9.17) is 10.5 Å². The molecular formula is C12H14N4O3S. The fourth-order valence-electron chi connectivity index (χ4n) is 1.51. The van der Waals surface area contributed by atoms with E-state index < -0.39 is 10.0 Å². The zero-order valence-corrected chi connectivity index (χ0v) is 11.6. The van der Waals surface area contributed by atoms with Gasteiger partial charge in [0, 0.05) is 12.3 Å². The van der Waals surface area contributed by atoms with Crippen molar-refractivity contribution in [2.24, 2.45) is 0 Å². The Labute approximate surface area is 116 Å².